The lowest BCUT2D eigenvalue weighted by atomic mass is 9.90. The van der Waals surface area contributed by atoms with E-state index in [0.29, 0.717) is 13.1 Å². The van der Waals surface area contributed by atoms with E-state index >= 15 is 0 Å². The van der Waals surface area contributed by atoms with E-state index in [9.17, 15) is 4.79 Å². The maximum Gasteiger partial charge on any atom is 0.313 e. The van der Waals surface area contributed by atoms with Gasteiger partial charge in [0.25, 0.3) is 0 Å². The van der Waals surface area contributed by atoms with E-state index < -0.39 is 20.3 Å². The van der Waals surface area contributed by atoms with Crippen molar-refractivity contribution in [3.8, 4) is 0 Å². The second-order valence-electron chi connectivity index (χ2n) is 10.4. The number of anilines is 1. The molecule has 2 atom stereocenters. The molecule has 0 spiro atoms. The lowest BCUT2D eigenvalue weighted by Crippen LogP contribution is -2.49. The molecule has 5 nitrogen and oxygen atoms in total. The van der Waals surface area contributed by atoms with Crippen LogP contribution in [0.4, 0.5) is 5.82 Å². The van der Waals surface area contributed by atoms with E-state index in [2.05, 4.69) is 63.0 Å². The predicted octanol–water partition coefficient (Wildman–Crippen LogP) is 6.11. The molecule has 0 radical (unpaired) electrons. The Kier molecular flexibility index (Phi) is 6.34. The molecule has 1 aliphatic heterocycles. The number of carbonyl (C=O) groups is 1. The molecular weight excluding hydrogens is 428 g/mol. The van der Waals surface area contributed by atoms with Crippen molar-refractivity contribution in [2.45, 2.75) is 51.6 Å². The summed E-state index contributed by atoms with van der Waals surface area (Å²) in [6, 6.07) is 20.6. The Bertz CT molecular complexity index is 1140. The van der Waals surface area contributed by atoms with Crippen molar-refractivity contribution in [1.29, 1.82) is 0 Å². The summed E-state index contributed by atoms with van der Waals surface area (Å²) in [4.78, 5) is 20.3. The summed E-state index contributed by atoms with van der Waals surface area (Å²) in [6.07, 6.45) is -0.391. The lowest BCUT2D eigenvalue weighted by Gasteiger charge is -2.45. The average molecular weight is 463 g/mol. The highest BCUT2D eigenvalue weighted by Gasteiger charge is 2.46. The minimum atomic E-state index is -2.18. The van der Waals surface area contributed by atoms with Gasteiger partial charge in [-0.05, 0) is 35.8 Å². The van der Waals surface area contributed by atoms with Crippen molar-refractivity contribution >= 4 is 31.0 Å². The van der Waals surface area contributed by atoms with Crippen LogP contribution in [0.15, 0.2) is 60.7 Å². The fraction of sp³-hybridized carbons (Fsp3) is 0.407. The molecule has 33 heavy (non-hydrogen) atoms. The number of hydrogen-bond acceptors (Lipinski definition) is 5. The normalized spacial score (nSPS) is 18.8. The number of rotatable bonds is 5. The van der Waals surface area contributed by atoms with Crippen LogP contribution in [0, 0.1) is 5.92 Å². The van der Waals surface area contributed by atoms with Gasteiger partial charge in [0.15, 0.2) is 8.32 Å². The minimum Gasteiger partial charge on any atom is -0.469 e. The van der Waals surface area contributed by atoms with E-state index in [-0.39, 0.29) is 11.0 Å². The van der Waals surface area contributed by atoms with Crippen molar-refractivity contribution in [2.24, 2.45) is 5.92 Å². The Morgan fingerprint density at radius 3 is 2.42 bits per heavy atom. The van der Waals surface area contributed by atoms with Crippen LogP contribution in [0.25, 0.3) is 10.9 Å². The molecule has 0 N–H and O–H groups in total. The largest absolute Gasteiger partial charge is 0.469 e. The molecule has 0 saturated carbocycles. The van der Waals surface area contributed by atoms with Gasteiger partial charge < -0.3 is 14.1 Å². The summed E-state index contributed by atoms with van der Waals surface area (Å²) in [5.41, 5.74) is 3.08. The van der Waals surface area contributed by atoms with Crippen LogP contribution in [-0.4, -0.2) is 32.9 Å². The lowest BCUT2D eigenvalue weighted by molar-refractivity contribution is -0.149. The molecule has 0 amide bonds. The van der Waals surface area contributed by atoms with Crippen LogP contribution in [0.2, 0.25) is 18.1 Å². The quantitative estimate of drug-likeness (QED) is 0.338. The molecule has 0 fully saturated rings. The first kappa shape index (κ1) is 23.5. The standard InChI is InChI=1S/C27H34N2O3Si/c1-27(2,3)33(5,6)32-24-21-16-20-14-10-11-15-23(20)28-25(21)29(18-22(24)26(30)31-4)17-19-12-8-7-9-13-19/h7-16,22,24H,17-18H2,1-6H3/t22-,24+/m0/s1. The molecule has 6 heteroatoms. The van der Waals surface area contributed by atoms with Crippen molar-refractivity contribution in [3.05, 3.63) is 71.8 Å². The van der Waals surface area contributed by atoms with Crippen molar-refractivity contribution in [3.63, 3.8) is 0 Å². The number of methoxy groups -OCH3 is 1. The number of hydrogen-bond donors (Lipinski definition) is 0. The Labute approximate surface area is 197 Å². The minimum absolute atomic E-state index is 0.0132. The van der Waals surface area contributed by atoms with Crippen LogP contribution in [0.1, 0.15) is 38.0 Å². The predicted molar refractivity (Wildman–Crippen MR) is 136 cm³/mol. The first-order chi connectivity index (χ1) is 15.6. The third-order valence-electron chi connectivity index (χ3n) is 7.07. The zero-order valence-corrected chi connectivity index (χ0v) is 21.5. The molecule has 0 bridgehead atoms. The topological polar surface area (TPSA) is 51.7 Å². The third-order valence-corrected chi connectivity index (χ3v) is 11.5. The molecule has 0 aliphatic carbocycles. The van der Waals surface area contributed by atoms with E-state index in [0.717, 1.165) is 22.3 Å². The van der Waals surface area contributed by atoms with Gasteiger partial charge in [-0.3, -0.25) is 4.79 Å². The number of benzene rings is 2. The molecule has 1 aromatic heterocycles. The van der Waals surface area contributed by atoms with Crippen molar-refractivity contribution in [2.75, 3.05) is 18.6 Å². The summed E-state index contributed by atoms with van der Waals surface area (Å²) in [5.74, 6) is 0.222. The Balaban J connectivity index is 1.86. The molecule has 3 aromatic rings. The number of fused-ring (bicyclic) bond motifs is 2. The highest BCUT2D eigenvalue weighted by molar-refractivity contribution is 6.74. The van der Waals surface area contributed by atoms with Gasteiger partial charge in [-0.15, -0.1) is 0 Å². The Morgan fingerprint density at radius 1 is 1.09 bits per heavy atom. The van der Waals surface area contributed by atoms with Crippen LogP contribution >= 0.6 is 0 Å². The molecule has 0 saturated heterocycles. The Hall–Kier alpha value is -2.70. The number of nitrogens with zero attached hydrogens (tertiary/aromatic N) is 2. The molecule has 2 heterocycles. The number of ether oxygens (including phenoxy) is 1. The monoisotopic (exact) mass is 462 g/mol. The number of aromatic nitrogens is 1. The van der Waals surface area contributed by atoms with Crippen molar-refractivity contribution < 1.29 is 14.0 Å². The fourth-order valence-electron chi connectivity index (χ4n) is 4.15. The van der Waals surface area contributed by atoms with Crippen LogP contribution in [-0.2, 0) is 20.5 Å². The molecule has 1 aliphatic rings. The molecule has 2 aromatic carbocycles. The highest BCUT2D eigenvalue weighted by Crippen LogP contribution is 2.46. The van der Waals surface area contributed by atoms with Crippen LogP contribution in [0.3, 0.4) is 0 Å². The van der Waals surface area contributed by atoms with Gasteiger partial charge in [-0.2, -0.15) is 0 Å². The first-order valence-corrected chi connectivity index (χ1v) is 14.5. The fourth-order valence-corrected chi connectivity index (χ4v) is 5.43. The van der Waals surface area contributed by atoms with E-state index in [1.807, 2.05) is 36.4 Å². The number of esters is 1. The van der Waals surface area contributed by atoms with E-state index in [1.165, 1.54) is 12.7 Å². The van der Waals surface area contributed by atoms with Crippen LogP contribution in [0.5, 0.6) is 0 Å². The third kappa shape index (κ3) is 4.68. The summed E-state index contributed by atoms with van der Waals surface area (Å²) in [6.45, 7) is 12.3. The SMILES string of the molecule is COC(=O)[C@H]1CN(Cc2ccccc2)c2nc3ccccc3cc2[C@H]1O[Si](C)(C)C(C)(C)C. The highest BCUT2D eigenvalue weighted by atomic mass is 28.4. The van der Waals surface area contributed by atoms with Gasteiger partial charge in [0.2, 0.25) is 0 Å². The van der Waals surface area contributed by atoms with E-state index in [1.54, 1.807) is 0 Å². The smallest absolute Gasteiger partial charge is 0.313 e. The van der Waals surface area contributed by atoms with Gasteiger partial charge in [0.05, 0.1) is 18.7 Å². The van der Waals surface area contributed by atoms with Crippen LogP contribution < -0.4 is 4.90 Å². The molecule has 4 rings (SSSR count). The van der Waals surface area contributed by atoms with Gasteiger partial charge >= 0.3 is 5.97 Å². The van der Waals surface area contributed by atoms with Gasteiger partial charge in [0.1, 0.15) is 11.7 Å². The average Bonchev–Trinajstić information content (AvgIpc) is 2.78. The van der Waals surface area contributed by atoms with Gasteiger partial charge in [-0.1, -0.05) is 69.3 Å². The second-order valence-corrected chi connectivity index (χ2v) is 15.1. The maximum atomic E-state index is 13.1. The Morgan fingerprint density at radius 2 is 1.76 bits per heavy atom. The number of pyridine rings is 1. The summed E-state index contributed by atoms with van der Waals surface area (Å²) < 4.78 is 12.2. The molecule has 0 unspecified atom stereocenters. The summed E-state index contributed by atoms with van der Waals surface area (Å²) >= 11 is 0. The molecular formula is C27H34N2O3Si. The number of para-hydroxylation sites is 1. The maximum absolute atomic E-state index is 13.1. The van der Waals surface area contributed by atoms with Crippen molar-refractivity contribution in [1.82, 2.24) is 4.98 Å². The number of carbonyl (C=O) groups excluding carboxylic acids is 1. The summed E-state index contributed by atoms with van der Waals surface area (Å²) in [5, 5.41) is 1.06. The van der Waals surface area contributed by atoms with Gasteiger partial charge in [-0.25, -0.2) is 4.98 Å². The zero-order chi connectivity index (χ0) is 23.8. The first-order valence-electron chi connectivity index (χ1n) is 11.5. The van der Waals surface area contributed by atoms with E-state index in [4.69, 9.17) is 14.1 Å². The second kappa shape index (κ2) is 8.91. The summed E-state index contributed by atoms with van der Waals surface area (Å²) in [7, 11) is -0.719. The zero-order valence-electron chi connectivity index (χ0n) is 20.5. The molecule has 174 valence electrons. The van der Waals surface area contributed by atoms with Gasteiger partial charge in [0, 0.05) is 24.0 Å².